The Morgan fingerprint density at radius 2 is 2.12 bits per heavy atom. The van der Waals surface area contributed by atoms with Gasteiger partial charge < -0.3 is 6.08 Å². The van der Waals surface area contributed by atoms with E-state index in [2.05, 4.69) is 26.0 Å². The third-order valence-electron chi connectivity index (χ3n) is 1.05. The molecule has 0 amide bonds. The highest BCUT2D eigenvalue weighted by atomic mass is 13.8. The Labute approximate surface area is 52.6 Å². The average molecular weight is 111 g/mol. The van der Waals surface area contributed by atoms with Gasteiger partial charge in [0.25, 0.3) is 0 Å². The minimum atomic E-state index is 1.06. The third-order valence-corrected chi connectivity index (χ3v) is 1.05. The molecule has 0 aliphatic heterocycles. The van der Waals surface area contributed by atoms with Gasteiger partial charge in [0.15, 0.2) is 0 Å². The molecule has 0 fully saturated rings. The Morgan fingerprint density at radius 3 is 2.62 bits per heavy atom. The van der Waals surface area contributed by atoms with Crippen molar-refractivity contribution in [3.63, 3.8) is 0 Å². The molecular formula is C8H15-. The molecule has 8 heavy (non-hydrogen) atoms. The monoisotopic (exact) mass is 111 g/mol. The topological polar surface area (TPSA) is 0 Å². The standard InChI is InChI=1S/C8H15/c1-3-5-7-8-6-4-2/h8H,3-5,7H2,1-2H3/q-1. The van der Waals surface area contributed by atoms with E-state index in [0.29, 0.717) is 0 Å². The predicted molar refractivity (Wildman–Crippen MR) is 37.6 cm³/mol. The van der Waals surface area contributed by atoms with Gasteiger partial charge in [0.05, 0.1) is 0 Å². The summed E-state index contributed by atoms with van der Waals surface area (Å²) in [5.41, 5.74) is 0. The second-order valence-corrected chi connectivity index (χ2v) is 1.90. The molecule has 48 valence electrons. The van der Waals surface area contributed by atoms with Gasteiger partial charge in [0.1, 0.15) is 0 Å². The van der Waals surface area contributed by atoms with E-state index >= 15 is 0 Å². The second kappa shape index (κ2) is 6.74. The van der Waals surface area contributed by atoms with E-state index in [9.17, 15) is 0 Å². The van der Waals surface area contributed by atoms with Gasteiger partial charge in [0.2, 0.25) is 0 Å². The van der Waals surface area contributed by atoms with E-state index in [4.69, 9.17) is 0 Å². The zero-order valence-electron chi connectivity index (χ0n) is 5.91. The first kappa shape index (κ1) is 7.74. The highest BCUT2D eigenvalue weighted by molar-refractivity contribution is 4.71. The fourth-order valence-electron chi connectivity index (χ4n) is 0.553. The lowest BCUT2D eigenvalue weighted by atomic mass is 10.2. The first-order valence-corrected chi connectivity index (χ1v) is 3.46. The van der Waals surface area contributed by atoms with Crippen LogP contribution in [0.2, 0.25) is 0 Å². The summed E-state index contributed by atoms with van der Waals surface area (Å²) in [5, 5.41) is 0. The number of unbranched alkanes of at least 4 members (excludes halogenated alkanes) is 2. The molecular weight excluding hydrogens is 96.1 g/mol. The minimum Gasteiger partial charge on any atom is -0.501 e. The van der Waals surface area contributed by atoms with Gasteiger partial charge in [-0.25, -0.2) is 0 Å². The fourth-order valence-corrected chi connectivity index (χ4v) is 0.553. The molecule has 0 aromatic carbocycles. The van der Waals surface area contributed by atoms with Gasteiger partial charge in [-0.3, -0.25) is 6.08 Å². The molecule has 0 spiro atoms. The Kier molecular flexibility index (Phi) is 6.52. The van der Waals surface area contributed by atoms with E-state index in [1.165, 1.54) is 19.3 Å². The van der Waals surface area contributed by atoms with Crippen LogP contribution in [0.4, 0.5) is 0 Å². The molecule has 0 aromatic heterocycles. The molecule has 0 radical (unpaired) electrons. The van der Waals surface area contributed by atoms with Gasteiger partial charge in [-0.1, -0.05) is 33.1 Å². The smallest absolute Gasteiger partial charge is 0.0528 e. The largest absolute Gasteiger partial charge is 0.501 e. The maximum Gasteiger partial charge on any atom is -0.0528 e. The molecule has 0 atom stereocenters. The van der Waals surface area contributed by atoms with Crippen LogP contribution in [0.3, 0.4) is 0 Å². The van der Waals surface area contributed by atoms with Gasteiger partial charge in [-0.15, -0.1) is 0 Å². The Hall–Kier alpha value is -0.260. The van der Waals surface area contributed by atoms with Crippen molar-refractivity contribution in [2.45, 2.75) is 39.5 Å². The number of hydrogen-bond donors (Lipinski definition) is 0. The highest BCUT2D eigenvalue weighted by Crippen LogP contribution is 1.94. The van der Waals surface area contributed by atoms with Crippen LogP contribution in [0.25, 0.3) is 0 Å². The molecule has 0 bridgehead atoms. The first-order chi connectivity index (χ1) is 3.91. The van der Waals surface area contributed by atoms with Crippen molar-refractivity contribution in [3.05, 3.63) is 12.2 Å². The maximum atomic E-state index is 3.16. The van der Waals surface area contributed by atoms with Crippen LogP contribution >= 0.6 is 0 Å². The Bertz CT molecular complexity index is 53.1. The molecule has 0 saturated carbocycles. The van der Waals surface area contributed by atoms with Crippen LogP contribution in [0, 0.1) is 6.08 Å². The lowest BCUT2D eigenvalue weighted by Crippen LogP contribution is -1.65. The van der Waals surface area contributed by atoms with Gasteiger partial charge in [0, 0.05) is 0 Å². The van der Waals surface area contributed by atoms with Crippen molar-refractivity contribution in [2.75, 3.05) is 0 Å². The van der Waals surface area contributed by atoms with Gasteiger partial charge in [-0.05, 0) is 0 Å². The van der Waals surface area contributed by atoms with E-state index in [0.717, 1.165) is 6.42 Å². The summed E-state index contributed by atoms with van der Waals surface area (Å²) in [6, 6.07) is 0. The van der Waals surface area contributed by atoms with E-state index in [-0.39, 0.29) is 0 Å². The van der Waals surface area contributed by atoms with Crippen LogP contribution in [0.15, 0.2) is 6.08 Å². The third kappa shape index (κ3) is 5.74. The summed E-state index contributed by atoms with van der Waals surface area (Å²) < 4.78 is 0. The summed E-state index contributed by atoms with van der Waals surface area (Å²) in [4.78, 5) is 0. The summed E-state index contributed by atoms with van der Waals surface area (Å²) in [7, 11) is 0. The summed E-state index contributed by atoms with van der Waals surface area (Å²) >= 11 is 0. The van der Waals surface area contributed by atoms with Crippen LogP contribution in [0.5, 0.6) is 0 Å². The number of rotatable bonds is 4. The second-order valence-electron chi connectivity index (χ2n) is 1.90. The van der Waals surface area contributed by atoms with Crippen molar-refractivity contribution < 1.29 is 0 Å². The Morgan fingerprint density at radius 1 is 1.38 bits per heavy atom. The molecule has 0 heterocycles. The van der Waals surface area contributed by atoms with Gasteiger partial charge in [-0.2, -0.15) is 6.42 Å². The lowest BCUT2D eigenvalue weighted by Gasteiger charge is -1.97. The van der Waals surface area contributed by atoms with Crippen LogP contribution in [0.1, 0.15) is 39.5 Å². The van der Waals surface area contributed by atoms with Crippen LogP contribution in [-0.2, 0) is 0 Å². The fraction of sp³-hybridized carbons (Fsp3) is 0.750. The average Bonchev–Trinajstić information content (AvgIpc) is 1.81. The number of hydrogen-bond acceptors (Lipinski definition) is 0. The molecule has 0 heteroatoms. The molecule has 0 rings (SSSR count). The summed E-state index contributed by atoms with van der Waals surface area (Å²) in [5.74, 6) is 0. The minimum absolute atomic E-state index is 1.06. The van der Waals surface area contributed by atoms with Crippen LogP contribution < -0.4 is 0 Å². The van der Waals surface area contributed by atoms with E-state index in [1.54, 1.807) is 0 Å². The maximum absolute atomic E-state index is 3.16. The summed E-state index contributed by atoms with van der Waals surface area (Å²) in [6.45, 7) is 4.32. The quantitative estimate of drug-likeness (QED) is 0.386. The van der Waals surface area contributed by atoms with E-state index < -0.39 is 0 Å². The van der Waals surface area contributed by atoms with E-state index in [1.807, 2.05) is 0 Å². The molecule has 0 aliphatic carbocycles. The zero-order valence-corrected chi connectivity index (χ0v) is 5.91. The predicted octanol–water partition coefficient (Wildman–Crippen LogP) is 2.95. The zero-order chi connectivity index (χ0) is 6.24. The van der Waals surface area contributed by atoms with Crippen molar-refractivity contribution in [3.8, 4) is 0 Å². The SMILES string of the molecule is CC[C-]=CCCCC. The number of allylic oxidation sites excluding steroid dienone is 2. The molecule has 0 nitrogen and oxygen atoms in total. The van der Waals surface area contributed by atoms with Crippen molar-refractivity contribution in [1.82, 2.24) is 0 Å². The summed E-state index contributed by atoms with van der Waals surface area (Å²) in [6.07, 6.45) is 10.2. The molecule has 0 N–H and O–H groups in total. The molecule has 0 aliphatic rings. The molecule has 0 saturated heterocycles. The Balaban J connectivity index is 2.80. The molecule has 0 aromatic rings. The first-order valence-electron chi connectivity index (χ1n) is 3.46. The molecule has 0 unspecified atom stereocenters. The van der Waals surface area contributed by atoms with Crippen molar-refractivity contribution in [2.24, 2.45) is 0 Å². The van der Waals surface area contributed by atoms with Crippen molar-refractivity contribution >= 4 is 0 Å². The van der Waals surface area contributed by atoms with Gasteiger partial charge >= 0.3 is 0 Å². The lowest BCUT2D eigenvalue weighted by molar-refractivity contribution is 0.811. The van der Waals surface area contributed by atoms with Crippen molar-refractivity contribution in [1.29, 1.82) is 0 Å². The highest BCUT2D eigenvalue weighted by Gasteiger charge is 1.69. The normalized spacial score (nSPS) is 10.8. The van der Waals surface area contributed by atoms with Crippen LogP contribution in [-0.4, -0.2) is 0 Å².